The fraction of sp³-hybridized carbons (Fsp3) is 0.179. The number of benzene rings is 3. The number of hydrogen-bond acceptors (Lipinski definition) is 3. The van der Waals surface area contributed by atoms with Gasteiger partial charge in [-0.3, -0.25) is 4.79 Å². The number of nitrogens with zero attached hydrogens (tertiary/aromatic N) is 4. The van der Waals surface area contributed by atoms with Crippen LogP contribution in [0.5, 0.6) is 0 Å². The zero-order valence-corrected chi connectivity index (χ0v) is 19.7. The zero-order valence-electron chi connectivity index (χ0n) is 19.7. The van der Waals surface area contributed by atoms with Crippen LogP contribution in [0.3, 0.4) is 0 Å². The van der Waals surface area contributed by atoms with Crippen LogP contribution in [0.2, 0.25) is 0 Å². The summed E-state index contributed by atoms with van der Waals surface area (Å²) in [5.74, 6) is 0.0340. The van der Waals surface area contributed by atoms with E-state index < -0.39 is 17.3 Å². The maximum Gasteiger partial charge on any atom is 0.416 e. The molecule has 0 aliphatic carbocycles. The first-order chi connectivity index (χ1) is 17.3. The van der Waals surface area contributed by atoms with Crippen molar-refractivity contribution in [3.63, 3.8) is 0 Å². The summed E-state index contributed by atoms with van der Waals surface area (Å²) in [5, 5.41) is 5.75. The number of para-hydroxylation sites is 2. The summed E-state index contributed by atoms with van der Waals surface area (Å²) in [6.45, 7) is 4.23. The molecule has 2 heterocycles. The van der Waals surface area contributed by atoms with Gasteiger partial charge in [0.1, 0.15) is 0 Å². The van der Waals surface area contributed by atoms with Crippen LogP contribution in [0.1, 0.15) is 37.4 Å². The van der Waals surface area contributed by atoms with Gasteiger partial charge in [-0.25, -0.2) is 4.98 Å². The van der Waals surface area contributed by atoms with E-state index in [0.717, 1.165) is 39.7 Å². The highest BCUT2D eigenvalue weighted by molar-refractivity contribution is 5.99. The van der Waals surface area contributed by atoms with E-state index >= 15 is 0 Å². The molecule has 36 heavy (non-hydrogen) atoms. The first-order valence-electron chi connectivity index (χ1n) is 11.6. The summed E-state index contributed by atoms with van der Waals surface area (Å²) < 4.78 is 43.5. The van der Waals surface area contributed by atoms with Gasteiger partial charge in [0.25, 0.3) is 5.56 Å². The fourth-order valence-electron chi connectivity index (χ4n) is 4.27. The Bertz CT molecular complexity index is 1660. The molecule has 0 unspecified atom stereocenters. The third-order valence-electron chi connectivity index (χ3n) is 6.35. The molecule has 0 bridgehead atoms. The van der Waals surface area contributed by atoms with E-state index in [1.165, 1.54) is 12.1 Å². The lowest BCUT2D eigenvalue weighted by atomic mass is 10.1. The quantitative estimate of drug-likeness (QED) is 0.253. The third-order valence-corrected chi connectivity index (χ3v) is 6.35. The number of fused-ring (bicyclic) bond motifs is 2. The molecule has 5 rings (SSSR count). The van der Waals surface area contributed by atoms with E-state index in [1.807, 2.05) is 30.5 Å². The molecule has 3 aromatic carbocycles. The van der Waals surface area contributed by atoms with E-state index in [4.69, 9.17) is 0 Å². The standard InChI is InChI=1S/C28H23F3N4O/c1-3-18(2)34-17-20(22-11-5-7-14-25(22)34)16-32-35-26(19-9-8-10-21(15-19)28(29,30)31)33-24-13-6-4-12-23(24)27(35)36/h4-18H,3H2,1-2H3/t18-/m0/s1. The summed E-state index contributed by atoms with van der Waals surface area (Å²) in [5.41, 5.74) is 1.07. The van der Waals surface area contributed by atoms with E-state index in [0.29, 0.717) is 10.9 Å². The minimum absolute atomic E-state index is 0.0340. The average Bonchev–Trinajstić information content (AvgIpc) is 3.26. The minimum atomic E-state index is -4.53. The second kappa shape index (κ2) is 9.11. The Morgan fingerprint density at radius 1 is 1.00 bits per heavy atom. The highest BCUT2D eigenvalue weighted by Gasteiger charge is 2.31. The lowest BCUT2D eigenvalue weighted by Gasteiger charge is -2.12. The fourth-order valence-corrected chi connectivity index (χ4v) is 4.27. The Hall–Kier alpha value is -4.20. The molecule has 0 N–H and O–H groups in total. The Morgan fingerprint density at radius 2 is 1.72 bits per heavy atom. The van der Waals surface area contributed by atoms with Crippen LogP contribution in [0.4, 0.5) is 13.2 Å². The molecule has 0 aliphatic rings. The van der Waals surface area contributed by atoms with E-state index in [9.17, 15) is 18.0 Å². The molecule has 1 atom stereocenters. The molecule has 0 amide bonds. The van der Waals surface area contributed by atoms with Crippen LogP contribution in [-0.4, -0.2) is 20.4 Å². The van der Waals surface area contributed by atoms with Crippen molar-refractivity contribution in [1.82, 2.24) is 14.2 Å². The van der Waals surface area contributed by atoms with Gasteiger partial charge in [-0.05, 0) is 43.7 Å². The second-order valence-corrected chi connectivity index (χ2v) is 8.66. The van der Waals surface area contributed by atoms with Crippen molar-refractivity contribution in [2.45, 2.75) is 32.5 Å². The van der Waals surface area contributed by atoms with Crippen molar-refractivity contribution in [2.75, 3.05) is 0 Å². The van der Waals surface area contributed by atoms with Crippen LogP contribution >= 0.6 is 0 Å². The van der Waals surface area contributed by atoms with Crippen molar-refractivity contribution in [3.8, 4) is 11.4 Å². The van der Waals surface area contributed by atoms with Crippen LogP contribution in [0, 0.1) is 0 Å². The average molecular weight is 489 g/mol. The van der Waals surface area contributed by atoms with Crippen molar-refractivity contribution in [3.05, 3.63) is 100 Å². The van der Waals surface area contributed by atoms with E-state index in [-0.39, 0.29) is 17.4 Å². The monoisotopic (exact) mass is 488 g/mol. The largest absolute Gasteiger partial charge is 0.416 e. The van der Waals surface area contributed by atoms with Crippen molar-refractivity contribution >= 4 is 28.0 Å². The molecule has 0 saturated heterocycles. The van der Waals surface area contributed by atoms with Crippen molar-refractivity contribution in [1.29, 1.82) is 0 Å². The molecule has 0 spiro atoms. The summed E-state index contributed by atoms with van der Waals surface area (Å²) in [6, 6.07) is 19.6. The number of rotatable bonds is 5. The zero-order chi connectivity index (χ0) is 25.4. The first kappa shape index (κ1) is 23.5. The van der Waals surface area contributed by atoms with E-state index in [2.05, 4.69) is 28.5 Å². The molecule has 0 saturated carbocycles. The molecule has 0 radical (unpaired) electrons. The molecule has 5 nitrogen and oxygen atoms in total. The van der Waals surface area contributed by atoms with Gasteiger partial charge in [-0.15, -0.1) is 0 Å². The summed E-state index contributed by atoms with van der Waals surface area (Å²) in [7, 11) is 0. The normalized spacial score (nSPS) is 13.1. The van der Waals surface area contributed by atoms with Crippen molar-refractivity contribution < 1.29 is 13.2 Å². The molecule has 0 aliphatic heterocycles. The second-order valence-electron chi connectivity index (χ2n) is 8.66. The summed E-state index contributed by atoms with van der Waals surface area (Å²) in [6.07, 6.45) is -0.0516. The molecule has 8 heteroatoms. The number of aromatic nitrogens is 3. The number of halogens is 3. The molecule has 0 fully saturated rings. The Labute approximate surface area is 205 Å². The maximum absolute atomic E-state index is 13.4. The highest BCUT2D eigenvalue weighted by Crippen LogP contribution is 2.32. The van der Waals surface area contributed by atoms with E-state index in [1.54, 1.807) is 30.5 Å². The topological polar surface area (TPSA) is 52.2 Å². The van der Waals surface area contributed by atoms with Gasteiger partial charge in [0.15, 0.2) is 5.82 Å². The van der Waals surface area contributed by atoms with Gasteiger partial charge >= 0.3 is 6.18 Å². The van der Waals surface area contributed by atoms with Crippen LogP contribution in [-0.2, 0) is 6.18 Å². The Morgan fingerprint density at radius 3 is 2.47 bits per heavy atom. The Balaban J connectivity index is 1.72. The van der Waals surface area contributed by atoms with Crippen molar-refractivity contribution in [2.24, 2.45) is 5.10 Å². The van der Waals surface area contributed by atoms with Crippen LogP contribution < -0.4 is 5.56 Å². The molecular formula is C28H23F3N4O. The molecule has 5 aromatic rings. The smallest absolute Gasteiger partial charge is 0.344 e. The van der Waals surface area contributed by atoms with Gasteiger partial charge in [-0.2, -0.15) is 22.9 Å². The van der Waals surface area contributed by atoms with Gasteiger partial charge < -0.3 is 4.57 Å². The first-order valence-corrected chi connectivity index (χ1v) is 11.6. The van der Waals surface area contributed by atoms with Crippen LogP contribution in [0.15, 0.2) is 88.9 Å². The maximum atomic E-state index is 13.4. The SMILES string of the molecule is CC[C@H](C)n1cc(C=Nn2c(-c3cccc(C(F)(F)F)c3)nc3ccccc3c2=O)c2ccccc21. The summed E-state index contributed by atoms with van der Waals surface area (Å²) in [4.78, 5) is 18.0. The van der Waals surface area contributed by atoms with Gasteiger partial charge in [-0.1, -0.05) is 49.4 Å². The lowest BCUT2D eigenvalue weighted by Crippen LogP contribution is -2.20. The highest BCUT2D eigenvalue weighted by atomic mass is 19.4. The third kappa shape index (κ3) is 4.19. The Kier molecular flexibility index (Phi) is 5.96. The van der Waals surface area contributed by atoms with Gasteiger partial charge in [0.05, 0.1) is 22.7 Å². The predicted molar refractivity (Wildman–Crippen MR) is 136 cm³/mol. The van der Waals surface area contributed by atoms with Gasteiger partial charge in [0, 0.05) is 34.3 Å². The molecular weight excluding hydrogens is 465 g/mol. The number of hydrogen-bond donors (Lipinski definition) is 0. The van der Waals surface area contributed by atoms with Crippen LogP contribution in [0.25, 0.3) is 33.2 Å². The summed E-state index contributed by atoms with van der Waals surface area (Å²) >= 11 is 0. The van der Waals surface area contributed by atoms with Gasteiger partial charge in [0.2, 0.25) is 0 Å². The number of alkyl halides is 3. The lowest BCUT2D eigenvalue weighted by molar-refractivity contribution is -0.137. The molecule has 182 valence electrons. The minimum Gasteiger partial charge on any atom is -0.344 e. The predicted octanol–water partition coefficient (Wildman–Crippen LogP) is 6.89. The molecule has 2 aromatic heterocycles.